The van der Waals surface area contributed by atoms with Crippen LogP contribution in [0.15, 0.2) is 18.6 Å². The van der Waals surface area contributed by atoms with Gasteiger partial charge >= 0.3 is 0 Å². The highest BCUT2D eigenvalue weighted by Crippen LogP contribution is 2.17. The number of halogens is 2. The molecule has 0 spiro atoms. The maximum atomic E-state index is 12.6. The maximum Gasteiger partial charge on any atom is 0.215 e. The van der Waals surface area contributed by atoms with E-state index in [1.807, 2.05) is 0 Å². The van der Waals surface area contributed by atoms with E-state index in [4.69, 9.17) is 11.6 Å². The molecule has 0 radical (unpaired) electrons. The summed E-state index contributed by atoms with van der Waals surface area (Å²) < 4.78 is 12.6. The molecular weight excluding hydrogens is 181 g/mol. The van der Waals surface area contributed by atoms with Crippen LogP contribution in [0.2, 0.25) is 5.15 Å². The van der Waals surface area contributed by atoms with Crippen molar-refractivity contribution in [1.82, 2.24) is 15.0 Å². The fourth-order valence-corrected chi connectivity index (χ4v) is 1.09. The summed E-state index contributed by atoms with van der Waals surface area (Å²) in [5.41, 5.74) is 0.461. The molecule has 0 aliphatic rings. The first-order chi connectivity index (χ1) is 5.77. The molecule has 0 unspecified atom stereocenters. The molecular formula is C7H3ClFN3. The Kier molecular flexibility index (Phi) is 1.62. The summed E-state index contributed by atoms with van der Waals surface area (Å²) in [6.07, 6.45) is 2.59. The zero-order chi connectivity index (χ0) is 8.55. The molecule has 0 saturated heterocycles. The Morgan fingerprint density at radius 2 is 2.08 bits per heavy atom. The van der Waals surface area contributed by atoms with Gasteiger partial charge in [0.25, 0.3) is 0 Å². The molecule has 2 rings (SSSR count). The van der Waals surface area contributed by atoms with Crippen molar-refractivity contribution < 1.29 is 4.39 Å². The van der Waals surface area contributed by atoms with Crippen molar-refractivity contribution in [2.45, 2.75) is 0 Å². The Balaban J connectivity index is 2.86. The molecule has 60 valence electrons. The fourth-order valence-electron chi connectivity index (χ4n) is 0.897. The quantitative estimate of drug-likeness (QED) is 0.462. The first-order valence-electron chi connectivity index (χ1n) is 3.19. The highest BCUT2D eigenvalue weighted by atomic mass is 35.5. The van der Waals surface area contributed by atoms with Gasteiger partial charge in [0.1, 0.15) is 11.5 Å². The minimum absolute atomic E-state index is 0.285. The van der Waals surface area contributed by atoms with Crippen molar-refractivity contribution in [2.24, 2.45) is 0 Å². The van der Waals surface area contributed by atoms with E-state index < -0.39 is 5.95 Å². The van der Waals surface area contributed by atoms with Crippen LogP contribution in [0.5, 0.6) is 0 Å². The van der Waals surface area contributed by atoms with E-state index in [-0.39, 0.29) is 5.15 Å². The van der Waals surface area contributed by atoms with Gasteiger partial charge in [-0.05, 0) is 0 Å². The Labute approximate surface area is 72.2 Å². The molecule has 0 saturated carbocycles. The number of rotatable bonds is 0. The van der Waals surface area contributed by atoms with E-state index in [2.05, 4.69) is 15.0 Å². The van der Waals surface area contributed by atoms with Gasteiger partial charge in [0.15, 0.2) is 0 Å². The standard InChI is InChI=1S/C7H3ClFN3/c8-7-4-2-10-6(9)1-5(4)11-3-12-7/h1-3H. The monoisotopic (exact) mass is 183 g/mol. The van der Waals surface area contributed by atoms with Gasteiger partial charge in [-0.15, -0.1) is 0 Å². The summed E-state index contributed by atoms with van der Waals surface area (Å²) in [7, 11) is 0. The fraction of sp³-hybridized carbons (Fsp3) is 0. The third-order valence-corrected chi connectivity index (χ3v) is 1.74. The normalized spacial score (nSPS) is 10.5. The van der Waals surface area contributed by atoms with Crippen molar-refractivity contribution in [3.63, 3.8) is 0 Å². The van der Waals surface area contributed by atoms with Gasteiger partial charge in [-0.1, -0.05) is 11.6 Å². The van der Waals surface area contributed by atoms with Gasteiger partial charge in [-0.3, -0.25) is 0 Å². The molecule has 2 aromatic rings. The van der Waals surface area contributed by atoms with Gasteiger partial charge in [0.05, 0.1) is 10.9 Å². The van der Waals surface area contributed by atoms with E-state index in [0.717, 1.165) is 0 Å². The lowest BCUT2D eigenvalue weighted by Crippen LogP contribution is -1.87. The third kappa shape index (κ3) is 1.10. The average molecular weight is 184 g/mol. The Morgan fingerprint density at radius 1 is 1.25 bits per heavy atom. The number of hydrogen-bond acceptors (Lipinski definition) is 3. The highest BCUT2D eigenvalue weighted by molar-refractivity contribution is 6.33. The molecule has 0 atom stereocenters. The summed E-state index contributed by atoms with van der Waals surface area (Å²) in [5, 5.41) is 0.841. The lowest BCUT2D eigenvalue weighted by Gasteiger charge is -1.96. The number of hydrogen-bond donors (Lipinski definition) is 0. The zero-order valence-corrected chi connectivity index (χ0v) is 6.59. The minimum atomic E-state index is -0.572. The van der Waals surface area contributed by atoms with Crippen molar-refractivity contribution >= 4 is 22.5 Å². The molecule has 0 fully saturated rings. The van der Waals surface area contributed by atoms with E-state index in [1.165, 1.54) is 18.6 Å². The second-order valence-electron chi connectivity index (χ2n) is 2.19. The molecule has 0 bridgehead atoms. The topological polar surface area (TPSA) is 38.7 Å². The van der Waals surface area contributed by atoms with Gasteiger partial charge < -0.3 is 0 Å². The van der Waals surface area contributed by atoms with Crippen LogP contribution < -0.4 is 0 Å². The van der Waals surface area contributed by atoms with Gasteiger partial charge in [-0.25, -0.2) is 15.0 Å². The van der Waals surface area contributed by atoms with Gasteiger partial charge in [0.2, 0.25) is 5.95 Å². The average Bonchev–Trinajstić information content (AvgIpc) is 2.04. The molecule has 0 aromatic carbocycles. The van der Waals surface area contributed by atoms with Crippen LogP contribution in [-0.4, -0.2) is 15.0 Å². The van der Waals surface area contributed by atoms with Crippen LogP contribution in [0.1, 0.15) is 0 Å². The Morgan fingerprint density at radius 3 is 2.92 bits per heavy atom. The van der Waals surface area contributed by atoms with Crippen LogP contribution >= 0.6 is 11.6 Å². The van der Waals surface area contributed by atoms with Crippen LogP contribution in [-0.2, 0) is 0 Å². The minimum Gasteiger partial charge on any atom is -0.236 e. The van der Waals surface area contributed by atoms with E-state index in [0.29, 0.717) is 10.9 Å². The predicted octanol–water partition coefficient (Wildman–Crippen LogP) is 1.82. The molecule has 3 nitrogen and oxygen atoms in total. The van der Waals surface area contributed by atoms with Crippen LogP contribution in [0.4, 0.5) is 4.39 Å². The number of pyridine rings is 1. The van der Waals surface area contributed by atoms with Crippen molar-refractivity contribution in [1.29, 1.82) is 0 Å². The Bertz CT molecular complexity index is 432. The maximum absolute atomic E-state index is 12.6. The van der Waals surface area contributed by atoms with Crippen molar-refractivity contribution in [3.05, 3.63) is 29.7 Å². The second-order valence-corrected chi connectivity index (χ2v) is 2.55. The summed E-state index contributed by atoms with van der Waals surface area (Å²) in [6, 6.07) is 1.21. The SMILES string of the molecule is Fc1cc2ncnc(Cl)c2cn1. The molecule has 5 heteroatoms. The smallest absolute Gasteiger partial charge is 0.215 e. The van der Waals surface area contributed by atoms with Crippen molar-refractivity contribution in [2.75, 3.05) is 0 Å². The molecule has 12 heavy (non-hydrogen) atoms. The molecule has 2 aromatic heterocycles. The largest absolute Gasteiger partial charge is 0.236 e. The van der Waals surface area contributed by atoms with Crippen LogP contribution in [0.3, 0.4) is 0 Å². The summed E-state index contributed by atoms with van der Waals surface area (Å²) in [4.78, 5) is 11.0. The van der Waals surface area contributed by atoms with Crippen LogP contribution in [0, 0.1) is 5.95 Å². The number of fused-ring (bicyclic) bond motifs is 1. The summed E-state index contributed by atoms with van der Waals surface area (Å²) >= 11 is 5.70. The lowest BCUT2D eigenvalue weighted by molar-refractivity contribution is 0.586. The summed E-state index contributed by atoms with van der Waals surface area (Å²) in [6.45, 7) is 0. The number of nitrogens with zero attached hydrogens (tertiary/aromatic N) is 3. The lowest BCUT2D eigenvalue weighted by atomic mass is 10.3. The molecule has 0 amide bonds. The predicted molar refractivity (Wildman–Crippen MR) is 42.3 cm³/mol. The second kappa shape index (κ2) is 2.64. The van der Waals surface area contributed by atoms with Crippen molar-refractivity contribution in [3.8, 4) is 0 Å². The van der Waals surface area contributed by atoms with Crippen LogP contribution in [0.25, 0.3) is 10.9 Å². The molecule has 0 aliphatic carbocycles. The third-order valence-electron chi connectivity index (χ3n) is 1.44. The Hall–Kier alpha value is -1.29. The highest BCUT2D eigenvalue weighted by Gasteiger charge is 2.01. The molecule has 0 N–H and O–H groups in total. The number of aromatic nitrogens is 3. The van der Waals surface area contributed by atoms with E-state index in [1.54, 1.807) is 0 Å². The first kappa shape index (κ1) is 7.36. The molecule has 2 heterocycles. The summed E-state index contributed by atoms with van der Waals surface area (Å²) in [5.74, 6) is -0.572. The van der Waals surface area contributed by atoms with Gasteiger partial charge in [-0.2, -0.15) is 4.39 Å². The molecule has 0 aliphatic heterocycles. The zero-order valence-electron chi connectivity index (χ0n) is 5.83. The van der Waals surface area contributed by atoms with Gasteiger partial charge in [0, 0.05) is 12.3 Å². The van der Waals surface area contributed by atoms with E-state index >= 15 is 0 Å². The van der Waals surface area contributed by atoms with E-state index in [9.17, 15) is 4.39 Å². The first-order valence-corrected chi connectivity index (χ1v) is 3.57.